The maximum absolute atomic E-state index is 4.03. The molecule has 2 nitrogen and oxygen atoms in total. The second-order valence-electron chi connectivity index (χ2n) is 7.25. The van der Waals surface area contributed by atoms with E-state index in [0.29, 0.717) is 0 Å². The molecule has 0 saturated heterocycles. The van der Waals surface area contributed by atoms with Crippen molar-refractivity contribution in [1.29, 1.82) is 0 Å². The van der Waals surface area contributed by atoms with E-state index in [4.69, 9.17) is 0 Å². The van der Waals surface area contributed by atoms with Crippen LogP contribution in [0.15, 0.2) is 73.8 Å². The van der Waals surface area contributed by atoms with Crippen molar-refractivity contribution in [3.8, 4) is 11.1 Å². The van der Waals surface area contributed by atoms with Gasteiger partial charge in [0.2, 0.25) is 0 Å². The van der Waals surface area contributed by atoms with Crippen LogP contribution < -0.4 is 0 Å². The van der Waals surface area contributed by atoms with Crippen LogP contribution in [0.3, 0.4) is 0 Å². The number of hydrogen-bond donors (Lipinski definition) is 0. The summed E-state index contributed by atoms with van der Waals surface area (Å²) in [6.45, 7) is 8.05. The maximum Gasteiger partial charge on any atom is 0.0569 e. The summed E-state index contributed by atoms with van der Waals surface area (Å²) in [5, 5.41) is 3.79. The lowest BCUT2D eigenvalue weighted by atomic mass is 9.99. The summed E-state index contributed by atoms with van der Waals surface area (Å²) < 4.78 is 4.54. The van der Waals surface area contributed by atoms with Crippen LogP contribution in [0.4, 0.5) is 0 Å². The minimum absolute atomic E-state index is 1.10. The third-order valence-electron chi connectivity index (χ3n) is 5.91. The Kier molecular flexibility index (Phi) is 3.56. The van der Waals surface area contributed by atoms with Gasteiger partial charge in [-0.2, -0.15) is 0 Å². The minimum atomic E-state index is 1.10. The van der Waals surface area contributed by atoms with Gasteiger partial charge < -0.3 is 9.13 Å². The monoisotopic (exact) mass is 362 g/mol. The lowest BCUT2D eigenvalue weighted by Gasteiger charge is -2.10. The van der Waals surface area contributed by atoms with E-state index in [1.807, 2.05) is 12.2 Å². The van der Waals surface area contributed by atoms with Crippen molar-refractivity contribution in [2.75, 3.05) is 0 Å². The third-order valence-corrected chi connectivity index (χ3v) is 5.91. The molecule has 0 unspecified atom stereocenters. The molecule has 0 atom stereocenters. The normalized spacial score (nSPS) is 11.5. The SMILES string of the molecule is C=Cc1c(C=C)n(C)c2c(-c3cccc4c5ccccc5n(C)c34)cccc12. The van der Waals surface area contributed by atoms with Crippen molar-refractivity contribution in [2.45, 2.75) is 0 Å². The van der Waals surface area contributed by atoms with Gasteiger partial charge in [-0.1, -0.05) is 73.8 Å². The Morgan fingerprint density at radius 1 is 0.643 bits per heavy atom. The summed E-state index contributed by atoms with van der Waals surface area (Å²) in [5.41, 5.74) is 8.44. The van der Waals surface area contributed by atoms with Gasteiger partial charge in [0.05, 0.1) is 11.0 Å². The summed E-state index contributed by atoms with van der Waals surface area (Å²) in [7, 11) is 4.26. The first kappa shape index (κ1) is 16.6. The Morgan fingerprint density at radius 3 is 1.93 bits per heavy atom. The molecular formula is C26H22N2. The van der Waals surface area contributed by atoms with Crippen molar-refractivity contribution in [3.05, 3.63) is 85.1 Å². The predicted molar refractivity (Wildman–Crippen MR) is 123 cm³/mol. The Hall–Kier alpha value is -3.52. The van der Waals surface area contributed by atoms with Crippen LogP contribution in [0.2, 0.25) is 0 Å². The summed E-state index contributed by atoms with van der Waals surface area (Å²) >= 11 is 0. The molecule has 28 heavy (non-hydrogen) atoms. The molecule has 0 radical (unpaired) electrons. The molecule has 0 bridgehead atoms. The Labute approximate surface area is 164 Å². The molecule has 2 heterocycles. The van der Waals surface area contributed by atoms with Crippen LogP contribution in [-0.2, 0) is 14.1 Å². The second kappa shape index (κ2) is 6.00. The zero-order chi connectivity index (χ0) is 19.4. The first-order valence-electron chi connectivity index (χ1n) is 9.50. The van der Waals surface area contributed by atoms with Crippen molar-refractivity contribution in [2.24, 2.45) is 14.1 Å². The number of para-hydroxylation sites is 3. The van der Waals surface area contributed by atoms with E-state index in [0.717, 1.165) is 11.3 Å². The van der Waals surface area contributed by atoms with E-state index in [9.17, 15) is 0 Å². The zero-order valence-corrected chi connectivity index (χ0v) is 16.2. The highest BCUT2D eigenvalue weighted by Crippen LogP contribution is 2.40. The molecule has 0 amide bonds. The van der Waals surface area contributed by atoms with Crippen LogP contribution >= 0.6 is 0 Å². The van der Waals surface area contributed by atoms with Crippen LogP contribution in [0.5, 0.6) is 0 Å². The molecule has 0 aliphatic heterocycles. The Morgan fingerprint density at radius 2 is 1.25 bits per heavy atom. The van der Waals surface area contributed by atoms with Gasteiger partial charge in [-0.05, 0) is 12.1 Å². The standard InChI is InChI=1S/C26H22N2/c1-5-17-19-12-9-14-21(25(19)27(3)23(17)6-2)22-15-10-13-20-18-11-7-8-16-24(18)28(4)26(20)22/h5-16H,1-2H2,3-4H3. The summed E-state index contributed by atoms with van der Waals surface area (Å²) in [6.07, 6.45) is 3.85. The molecule has 136 valence electrons. The largest absolute Gasteiger partial charge is 0.343 e. The Balaban J connectivity index is 1.97. The van der Waals surface area contributed by atoms with Crippen molar-refractivity contribution in [3.63, 3.8) is 0 Å². The highest BCUT2D eigenvalue weighted by molar-refractivity contribution is 6.15. The summed E-state index contributed by atoms with van der Waals surface area (Å²) in [5.74, 6) is 0. The lowest BCUT2D eigenvalue weighted by molar-refractivity contribution is 0.954. The number of aromatic nitrogens is 2. The number of hydrogen-bond acceptors (Lipinski definition) is 0. The molecule has 0 saturated carbocycles. The van der Waals surface area contributed by atoms with Crippen LogP contribution in [0, 0.1) is 0 Å². The molecule has 0 aliphatic carbocycles. The van der Waals surface area contributed by atoms with E-state index in [1.54, 1.807) is 0 Å². The van der Waals surface area contributed by atoms with Gasteiger partial charge in [-0.3, -0.25) is 0 Å². The number of aryl methyl sites for hydroxylation is 2. The van der Waals surface area contributed by atoms with Crippen molar-refractivity contribution < 1.29 is 0 Å². The molecule has 0 aliphatic rings. The van der Waals surface area contributed by atoms with E-state index >= 15 is 0 Å². The van der Waals surface area contributed by atoms with Gasteiger partial charge in [0.25, 0.3) is 0 Å². The fourth-order valence-electron chi connectivity index (χ4n) is 4.69. The van der Waals surface area contributed by atoms with Crippen molar-refractivity contribution in [1.82, 2.24) is 9.13 Å². The minimum Gasteiger partial charge on any atom is -0.343 e. The lowest BCUT2D eigenvalue weighted by Crippen LogP contribution is -1.94. The third kappa shape index (κ3) is 2.03. The first-order chi connectivity index (χ1) is 13.7. The smallest absolute Gasteiger partial charge is 0.0569 e. The van der Waals surface area contributed by atoms with Gasteiger partial charge in [0, 0.05) is 58.2 Å². The fraction of sp³-hybridized carbons (Fsp3) is 0.0769. The molecule has 0 spiro atoms. The Bertz CT molecular complexity index is 1410. The van der Waals surface area contributed by atoms with E-state index in [-0.39, 0.29) is 0 Å². The van der Waals surface area contributed by atoms with Gasteiger partial charge in [-0.25, -0.2) is 0 Å². The molecule has 5 rings (SSSR count). The average Bonchev–Trinajstić information content (AvgIpc) is 3.19. The van der Waals surface area contributed by atoms with E-state index < -0.39 is 0 Å². The zero-order valence-electron chi connectivity index (χ0n) is 16.2. The highest BCUT2D eigenvalue weighted by atomic mass is 15.0. The number of benzene rings is 3. The number of nitrogens with zero attached hydrogens (tertiary/aromatic N) is 2. The topological polar surface area (TPSA) is 9.86 Å². The molecule has 0 N–H and O–H groups in total. The first-order valence-corrected chi connectivity index (χ1v) is 9.50. The number of rotatable bonds is 3. The predicted octanol–water partition coefficient (Wildman–Crippen LogP) is 6.78. The molecule has 2 heteroatoms. The van der Waals surface area contributed by atoms with Gasteiger partial charge >= 0.3 is 0 Å². The molecule has 0 fully saturated rings. The van der Waals surface area contributed by atoms with Crippen LogP contribution in [0.25, 0.3) is 56.0 Å². The van der Waals surface area contributed by atoms with Gasteiger partial charge in [0.1, 0.15) is 0 Å². The van der Waals surface area contributed by atoms with Crippen molar-refractivity contribution >= 4 is 44.9 Å². The van der Waals surface area contributed by atoms with Crippen LogP contribution in [-0.4, -0.2) is 9.13 Å². The molecule has 2 aromatic heterocycles. The summed E-state index contributed by atoms with van der Waals surface area (Å²) in [4.78, 5) is 0. The number of fused-ring (bicyclic) bond motifs is 4. The molecule has 3 aromatic carbocycles. The van der Waals surface area contributed by atoms with Crippen LogP contribution in [0.1, 0.15) is 11.3 Å². The van der Waals surface area contributed by atoms with Gasteiger partial charge in [-0.15, -0.1) is 0 Å². The summed E-state index contributed by atoms with van der Waals surface area (Å²) in [6, 6.07) is 21.7. The second-order valence-corrected chi connectivity index (χ2v) is 7.25. The van der Waals surface area contributed by atoms with E-state index in [1.165, 1.54) is 43.8 Å². The average molecular weight is 362 g/mol. The maximum atomic E-state index is 4.03. The fourth-order valence-corrected chi connectivity index (χ4v) is 4.69. The molecule has 5 aromatic rings. The van der Waals surface area contributed by atoms with E-state index in [2.05, 4.69) is 97.1 Å². The quantitative estimate of drug-likeness (QED) is 0.335. The highest BCUT2D eigenvalue weighted by Gasteiger charge is 2.18. The van der Waals surface area contributed by atoms with Gasteiger partial charge in [0.15, 0.2) is 0 Å². The molecular weight excluding hydrogens is 340 g/mol.